The maximum Gasteiger partial charge on any atom is 0.194 e. The zero-order valence-corrected chi connectivity index (χ0v) is 16.2. The molecule has 0 aromatic heterocycles. The lowest BCUT2D eigenvalue weighted by molar-refractivity contribution is 0.103. The highest BCUT2D eigenvalue weighted by Crippen LogP contribution is 2.35. The van der Waals surface area contributed by atoms with Crippen LogP contribution < -0.4 is 0 Å². The Kier molecular flexibility index (Phi) is 4.45. The molecule has 2 heteroatoms. The van der Waals surface area contributed by atoms with Gasteiger partial charge in [-0.2, -0.15) is 0 Å². The van der Waals surface area contributed by atoms with Crippen LogP contribution in [-0.2, 0) is 0 Å². The van der Waals surface area contributed by atoms with Crippen molar-refractivity contribution >= 4 is 33.1 Å². The van der Waals surface area contributed by atoms with E-state index in [0.29, 0.717) is 22.3 Å². The Labute approximate surface area is 174 Å². The van der Waals surface area contributed by atoms with Crippen LogP contribution in [0.1, 0.15) is 31.8 Å². The predicted octanol–water partition coefficient (Wildman–Crippen LogP) is 6.46. The highest BCUT2D eigenvalue weighted by Gasteiger charge is 2.23. The van der Waals surface area contributed by atoms with Crippen LogP contribution in [0, 0.1) is 0 Å². The summed E-state index contributed by atoms with van der Waals surface area (Å²) in [5.74, 6) is -0.0802. The maximum absolute atomic E-state index is 13.5. The molecule has 0 bridgehead atoms. The first-order valence-electron chi connectivity index (χ1n) is 9.88. The average Bonchev–Trinajstić information content (AvgIpc) is 2.82. The maximum atomic E-state index is 13.5. The van der Waals surface area contributed by atoms with Crippen molar-refractivity contribution in [3.8, 4) is 0 Å². The number of benzene rings is 5. The molecule has 142 valence electrons. The molecule has 0 aliphatic rings. The van der Waals surface area contributed by atoms with E-state index < -0.39 is 0 Å². The summed E-state index contributed by atoms with van der Waals surface area (Å²) >= 11 is 0. The second-order valence-electron chi connectivity index (χ2n) is 7.23. The molecular weight excluding hydrogens is 368 g/mol. The lowest BCUT2D eigenvalue weighted by Crippen LogP contribution is -2.08. The third-order valence-corrected chi connectivity index (χ3v) is 5.46. The molecule has 5 aromatic carbocycles. The first kappa shape index (κ1) is 18.0. The van der Waals surface area contributed by atoms with Crippen molar-refractivity contribution in [3.63, 3.8) is 0 Å². The van der Waals surface area contributed by atoms with Gasteiger partial charge < -0.3 is 0 Å². The van der Waals surface area contributed by atoms with Crippen molar-refractivity contribution in [2.45, 2.75) is 0 Å². The third kappa shape index (κ3) is 2.90. The molecule has 0 heterocycles. The molecule has 0 atom stereocenters. The van der Waals surface area contributed by atoms with Gasteiger partial charge in [-0.25, -0.2) is 0 Å². The molecule has 2 nitrogen and oxygen atoms in total. The van der Waals surface area contributed by atoms with Crippen LogP contribution in [0.25, 0.3) is 21.5 Å². The zero-order chi connectivity index (χ0) is 20.5. The molecule has 0 aliphatic carbocycles. The van der Waals surface area contributed by atoms with Gasteiger partial charge in [0.05, 0.1) is 0 Å². The summed E-state index contributed by atoms with van der Waals surface area (Å²) in [7, 11) is 0. The number of carbonyl (C=O) groups is 2. The van der Waals surface area contributed by atoms with Gasteiger partial charge in [0.1, 0.15) is 0 Å². The van der Waals surface area contributed by atoms with Crippen molar-refractivity contribution in [2.75, 3.05) is 0 Å². The van der Waals surface area contributed by atoms with E-state index >= 15 is 0 Å². The largest absolute Gasteiger partial charge is 0.289 e. The monoisotopic (exact) mass is 386 g/mol. The van der Waals surface area contributed by atoms with Crippen LogP contribution in [0.15, 0.2) is 109 Å². The molecule has 0 saturated heterocycles. The minimum atomic E-state index is -0.0401. The number of hydrogen-bond acceptors (Lipinski definition) is 2. The Morgan fingerprint density at radius 2 is 0.633 bits per heavy atom. The summed E-state index contributed by atoms with van der Waals surface area (Å²) in [5, 5.41) is 3.18. The van der Waals surface area contributed by atoms with E-state index in [1.807, 2.05) is 109 Å². The van der Waals surface area contributed by atoms with Gasteiger partial charge in [0.15, 0.2) is 11.6 Å². The number of rotatable bonds is 4. The molecule has 5 aromatic rings. The number of hydrogen-bond donors (Lipinski definition) is 0. The van der Waals surface area contributed by atoms with Crippen LogP contribution >= 0.6 is 0 Å². The second-order valence-corrected chi connectivity index (χ2v) is 7.23. The van der Waals surface area contributed by atoms with Crippen LogP contribution in [0.4, 0.5) is 0 Å². The minimum Gasteiger partial charge on any atom is -0.289 e. The fourth-order valence-electron chi connectivity index (χ4n) is 4.09. The summed E-state index contributed by atoms with van der Waals surface area (Å²) in [4.78, 5) is 27.1. The van der Waals surface area contributed by atoms with Gasteiger partial charge >= 0.3 is 0 Å². The van der Waals surface area contributed by atoms with Crippen LogP contribution in [0.2, 0.25) is 0 Å². The minimum absolute atomic E-state index is 0.0401. The molecule has 30 heavy (non-hydrogen) atoms. The lowest BCUT2D eigenvalue weighted by atomic mass is 9.85. The average molecular weight is 386 g/mol. The SMILES string of the molecule is O=C(c1ccccc1)c1c2ccccc2c(C(=O)c2ccccc2)c2ccccc12. The van der Waals surface area contributed by atoms with Crippen LogP contribution in [0.5, 0.6) is 0 Å². The number of carbonyl (C=O) groups excluding carboxylic acids is 2. The molecule has 0 fully saturated rings. The summed E-state index contributed by atoms with van der Waals surface area (Å²) in [6.45, 7) is 0. The molecular formula is C28H18O2. The quantitative estimate of drug-likeness (QED) is 0.262. The molecule has 0 radical (unpaired) electrons. The molecule has 0 aliphatic heterocycles. The lowest BCUT2D eigenvalue weighted by Gasteiger charge is -2.16. The molecule has 0 unspecified atom stereocenters. The van der Waals surface area contributed by atoms with Gasteiger partial charge in [0.25, 0.3) is 0 Å². The predicted molar refractivity (Wildman–Crippen MR) is 121 cm³/mol. The molecule has 0 N–H and O–H groups in total. The summed E-state index contributed by atoms with van der Waals surface area (Å²) in [5.41, 5.74) is 2.54. The Balaban J connectivity index is 1.88. The van der Waals surface area contributed by atoms with E-state index in [1.165, 1.54) is 0 Å². The normalized spacial score (nSPS) is 10.9. The summed E-state index contributed by atoms with van der Waals surface area (Å²) in [6.07, 6.45) is 0. The van der Waals surface area contributed by atoms with Crippen molar-refractivity contribution in [3.05, 3.63) is 131 Å². The Morgan fingerprint density at radius 3 is 0.933 bits per heavy atom. The number of ketones is 2. The van der Waals surface area contributed by atoms with Gasteiger partial charge in [-0.05, 0) is 21.5 Å². The summed E-state index contributed by atoms with van der Waals surface area (Å²) < 4.78 is 0. The van der Waals surface area contributed by atoms with E-state index in [2.05, 4.69) is 0 Å². The van der Waals surface area contributed by atoms with Gasteiger partial charge in [0, 0.05) is 22.3 Å². The first-order chi connectivity index (χ1) is 14.8. The zero-order valence-electron chi connectivity index (χ0n) is 16.2. The van der Waals surface area contributed by atoms with Crippen molar-refractivity contribution in [1.82, 2.24) is 0 Å². The smallest absolute Gasteiger partial charge is 0.194 e. The highest BCUT2D eigenvalue weighted by atomic mass is 16.1. The van der Waals surface area contributed by atoms with E-state index in [0.717, 1.165) is 21.5 Å². The van der Waals surface area contributed by atoms with Gasteiger partial charge in [-0.1, -0.05) is 109 Å². The topological polar surface area (TPSA) is 34.1 Å². The molecule has 5 rings (SSSR count). The molecule has 0 amide bonds. The highest BCUT2D eigenvalue weighted by molar-refractivity contribution is 6.31. The summed E-state index contributed by atoms with van der Waals surface area (Å²) in [6, 6.07) is 33.9. The fraction of sp³-hybridized carbons (Fsp3) is 0. The van der Waals surface area contributed by atoms with Gasteiger partial charge in [-0.3, -0.25) is 9.59 Å². The van der Waals surface area contributed by atoms with Crippen molar-refractivity contribution in [1.29, 1.82) is 0 Å². The van der Waals surface area contributed by atoms with Crippen molar-refractivity contribution < 1.29 is 9.59 Å². The first-order valence-corrected chi connectivity index (χ1v) is 9.88. The Bertz CT molecular complexity index is 1230. The van der Waals surface area contributed by atoms with Crippen molar-refractivity contribution in [2.24, 2.45) is 0 Å². The van der Waals surface area contributed by atoms with Crippen LogP contribution in [0.3, 0.4) is 0 Å². The van der Waals surface area contributed by atoms with E-state index in [1.54, 1.807) is 0 Å². The van der Waals surface area contributed by atoms with Crippen LogP contribution in [-0.4, -0.2) is 11.6 Å². The van der Waals surface area contributed by atoms with Gasteiger partial charge in [-0.15, -0.1) is 0 Å². The standard InChI is InChI=1S/C28H18O2/c29-27(19-11-3-1-4-12-19)25-21-15-7-9-17-23(21)26(24-18-10-8-16-22(24)25)28(30)20-13-5-2-6-14-20/h1-18H. The molecule has 0 saturated carbocycles. The Hall–Kier alpha value is -4.04. The third-order valence-electron chi connectivity index (χ3n) is 5.46. The van der Waals surface area contributed by atoms with Gasteiger partial charge in [0.2, 0.25) is 0 Å². The fourth-order valence-corrected chi connectivity index (χ4v) is 4.09. The number of fused-ring (bicyclic) bond motifs is 2. The molecule has 0 spiro atoms. The van der Waals surface area contributed by atoms with E-state index in [4.69, 9.17) is 0 Å². The second kappa shape index (κ2) is 7.41. The Morgan fingerprint density at radius 1 is 0.367 bits per heavy atom. The van der Waals surface area contributed by atoms with E-state index in [-0.39, 0.29) is 11.6 Å². The van der Waals surface area contributed by atoms with E-state index in [9.17, 15) is 9.59 Å².